The highest BCUT2D eigenvalue weighted by Gasteiger charge is 2.22. The van der Waals surface area contributed by atoms with Gasteiger partial charge in [0.2, 0.25) is 0 Å². The van der Waals surface area contributed by atoms with Crippen molar-refractivity contribution in [3.63, 3.8) is 0 Å². The summed E-state index contributed by atoms with van der Waals surface area (Å²) in [6, 6.07) is 0. The normalized spacial score (nSPS) is 26.5. The van der Waals surface area contributed by atoms with Crippen molar-refractivity contribution in [2.75, 3.05) is 18.8 Å². The molecule has 1 fully saturated rings. The zero-order valence-corrected chi connectivity index (χ0v) is 11.0. The molecule has 0 aliphatic heterocycles. The molecule has 0 aromatic heterocycles. The second kappa shape index (κ2) is 5.98. The van der Waals surface area contributed by atoms with Crippen molar-refractivity contribution >= 4 is 9.84 Å². The Bertz CT molecular complexity index is 300. The molecular weight excluding hydrogens is 226 g/mol. The van der Waals surface area contributed by atoms with Crippen LogP contribution in [0, 0.1) is 5.92 Å². The quantitative estimate of drug-likeness (QED) is 0.675. The molecule has 0 aromatic carbocycles. The number of hydrogen-bond donors (Lipinski definition) is 2. The predicted molar refractivity (Wildman–Crippen MR) is 65.1 cm³/mol. The van der Waals surface area contributed by atoms with Gasteiger partial charge in [-0.1, -0.05) is 0 Å². The molecule has 1 saturated carbocycles. The van der Waals surface area contributed by atoms with Crippen molar-refractivity contribution in [3.8, 4) is 0 Å². The molecule has 1 rings (SSSR count). The smallest absolute Gasteiger partial charge is 0.153 e. The molecular formula is C11H23NO3S. The average molecular weight is 249 g/mol. The highest BCUT2D eigenvalue weighted by Crippen LogP contribution is 2.24. The lowest BCUT2D eigenvalue weighted by atomic mass is 10.1. The van der Waals surface area contributed by atoms with E-state index in [0.717, 1.165) is 25.8 Å². The van der Waals surface area contributed by atoms with E-state index in [1.807, 2.05) is 0 Å². The Balaban J connectivity index is 2.13. The van der Waals surface area contributed by atoms with Crippen LogP contribution in [-0.2, 0) is 9.84 Å². The Kier molecular flexibility index (Phi) is 5.21. The minimum Gasteiger partial charge on any atom is -0.393 e. The van der Waals surface area contributed by atoms with Gasteiger partial charge >= 0.3 is 0 Å². The molecule has 0 aromatic rings. The van der Waals surface area contributed by atoms with Crippen LogP contribution < -0.4 is 5.32 Å². The van der Waals surface area contributed by atoms with E-state index in [1.165, 1.54) is 0 Å². The summed E-state index contributed by atoms with van der Waals surface area (Å²) < 4.78 is 23.0. The maximum absolute atomic E-state index is 11.5. The first kappa shape index (κ1) is 13.9. The molecule has 2 unspecified atom stereocenters. The van der Waals surface area contributed by atoms with Gasteiger partial charge in [0.15, 0.2) is 9.84 Å². The van der Waals surface area contributed by atoms with Gasteiger partial charge in [-0.05, 0) is 45.6 Å². The Morgan fingerprint density at radius 3 is 2.56 bits per heavy atom. The van der Waals surface area contributed by atoms with Gasteiger partial charge in [-0.3, -0.25) is 0 Å². The molecule has 1 aliphatic rings. The summed E-state index contributed by atoms with van der Waals surface area (Å²) in [5.41, 5.74) is 0. The second-order valence-electron chi connectivity index (χ2n) is 4.95. The Hall–Kier alpha value is -0.130. The van der Waals surface area contributed by atoms with Gasteiger partial charge in [0.05, 0.1) is 17.1 Å². The van der Waals surface area contributed by atoms with E-state index < -0.39 is 9.84 Å². The average Bonchev–Trinajstić information content (AvgIpc) is 2.59. The molecule has 96 valence electrons. The van der Waals surface area contributed by atoms with Crippen LogP contribution in [0.15, 0.2) is 0 Å². The predicted octanol–water partition coefficient (Wildman–Crippen LogP) is 0.560. The number of nitrogens with one attached hydrogen (secondary N) is 1. The number of sulfone groups is 1. The molecule has 0 bridgehead atoms. The van der Waals surface area contributed by atoms with E-state index in [2.05, 4.69) is 5.32 Å². The van der Waals surface area contributed by atoms with Crippen molar-refractivity contribution in [1.29, 1.82) is 0 Å². The van der Waals surface area contributed by atoms with Crippen LogP contribution in [-0.4, -0.2) is 43.7 Å². The molecule has 4 nitrogen and oxygen atoms in total. The van der Waals surface area contributed by atoms with Crippen LogP contribution in [0.4, 0.5) is 0 Å². The lowest BCUT2D eigenvalue weighted by Crippen LogP contribution is -2.30. The summed E-state index contributed by atoms with van der Waals surface area (Å²) in [7, 11) is -2.92. The maximum atomic E-state index is 11.5. The van der Waals surface area contributed by atoms with Crippen LogP contribution in [0.2, 0.25) is 0 Å². The summed E-state index contributed by atoms with van der Waals surface area (Å²) in [6.45, 7) is 4.77. The third kappa shape index (κ3) is 4.39. The van der Waals surface area contributed by atoms with Crippen LogP contribution in [0.25, 0.3) is 0 Å². The topological polar surface area (TPSA) is 66.4 Å². The molecule has 0 radical (unpaired) electrons. The van der Waals surface area contributed by atoms with Crippen LogP contribution in [0.3, 0.4) is 0 Å². The molecule has 0 heterocycles. The maximum Gasteiger partial charge on any atom is 0.153 e. The van der Waals surface area contributed by atoms with E-state index in [9.17, 15) is 13.5 Å². The van der Waals surface area contributed by atoms with Crippen molar-refractivity contribution in [3.05, 3.63) is 0 Å². The number of hydrogen-bond acceptors (Lipinski definition) is 4. The molecule has 0 saturated heterocycles. The van der Waals surface area contributed by atoms with Gasteiger partial charge in [0, 0.05) is 6.54 Å². The molecule has 2 N–H and O–H groups in total. The minimum atomic E-state index is -2.92. The Morgan fingerprint density at radius 2 is 2.06 bits per heavy atom. The summed E-state index contributed by atoms with van der Waals surface area (Å²) >= 11 is 0. The van der Waals surface area contributed by atoms with E-state index in [1.54, 1.807) is 13.8 Å². The van der Waals surface area contributed by atoms with Gasteiger partial charge in [-0.25, -0.2) is 8.42 Å². The van der Waals surface area contributed by atoms with E-state index in [-0.39, 0.29) is 17.1 Å². The number of aliphatic hydroxyl groups excluding tert-OH is 1. The molecule has 5 heteroatoms. The highest BCUT2D eigenvalue weighted by atomic mass is 32.2. The van der Waals surface area contributed by atoms with Crippen molar-refractivity contribution in [1.82, 2.24) is 5.32 Å². The summed E-state index contributed by atoms with van der Waals surface area (Å²) in [6.07, 6.45) is 2.64. The fourth-order valence-electron chi connectivity index (χ4n) is 1.99. The molecule has 1 aliphatic carbocycles. The van der Waals surface area contributed by atoms with Gasteiger partial charge < -0.3 is 10.4 Å². The van der Waals surface area contributed by atoms with Crippen molar-refractivity contribution in [2.45, 2.75) is 44.5 Å². The van der Waals surface area contributed by atoms with Crippen molar-refractivity contribution < 1.29 is 13.5 Å². The summed E-state index contributed by atoms with van der Waals surface area (Å²) in [5.74, 6) is 0.719. The van der Waals surface area contributed by atoms with Gasteiger partial charge in [-0.15, -0.1) is 0 Å². The Labute approximate surface area is 98.4 Å². The third-order valence-electron chi connectivity index (χ3n) is 3.23. The summed E-state index contributed by atoms with van der Waals surface area (Å²) in [4.78, 5) is 0. The van der Waals surface area contributed by atoms with Gasteiger partial charge in [-0.2, -0.15) is 0 Å². The zero-order valence-electron chi connectivity index (χ0n) is 10.1. The molecule has 2 atom stereocenters. The van der Waals surface area contributed by atoms with E-state index >= 15 is 0 Å². The fraction of sp³-hybridized carbons (Fsp3) is 1.00. The lowest BCUT2D eigenvalue weighted by Gasteiger charge is -2.12. The van der Waals surface area contributed by atoms with Gasteiger partial charge in [0.25, 0.3) is 0 Å². The monoisotopic (exact) mass is 249 g/mol. The summed E-state index contributed by atoms with van der Waals surface area (Å²) in [5, 5.41) is 12.2. The third-order valence-corrected chi connectivity index (χ3v) is 5.44. The standard InChI is InChI=1S/C11H23NO3S/c1-9(2)16(14,15)6-5-12-8-10-3-4-11(13)7-10/h9-13H,3-8H2,1-2H3. The van der Waals surface area contributed by atoms with Crippen LogP contribution in [0.1, 0.15) is 33.1 Å². The first-order chi connectivity index (χ1) is 7.42. The molecule has 16 heavy (non-hydrogen) atoms. The van der Waals surface area contributed by atoms with Crippen LogP contribution >= 0.6 is 0 Å². The van der Waals surface area contributed by atoms with Crippen LogP contribution in [0.5, 0.6) is 0 Å². The lowest BCUT2D eigenvalue weighted by molar-refractivity contribution is 0.177. The first-order valence-electron chi connectivity index (χ1n) is 6.02. The van der Waals surface area contributed by atoms with Crippen molar-refractivity contribution in [2.24, 2.45) is 5.92 Å². The number of aliphatic hydroxyl groups is 1. The SMILES string of the molecule is CC(C)S(=O)(=O)CCNCC1CCC(O)C1. The second-order valence-corrected chi connectivity index (χ2v) is 7.63. The Morgan fingerprint density at radius 1 is 1.38 bits per heavy atom. The van der Waals surface area contributed by atoms with E-state index in [0.29, 0.717) is 12.5 Å². The highest BCUT2D eigenvalue weighted by molar-refractivity contribution is 7.92. The molecule has 0 spiro atoms. The largest absolute Gasteiger partial charge is 0.393 e. The zero-order chi connectivity index (χ0) is 12.2. The minimum absolute atomic E-state index is 0.147. The molecule has 0 amide bonds. The van der Waals surface area contributed by atoms with Gasteiger partial charge in [0.1, 0.15) is 0 Å². The first-order valence-corrected chi connectivity index (χ1v) is 7.73. The fourth-order valence-corrected chi connectivity index (χ4v) is 2.89. The van der Waals surface area contributed by atoms with E-state index in [4.69, 9.17) is 0 Å². The number of rotatable bonds is 6.